The van der Waals surface area contributed by atoms with Crippen LogP contribution in [-0.4, -0.2) is 41.3 Å². The van der Waals surface area contributed by atoms with Gasteiger partial charge in [0.2, 0.25) is 0 Å². The summed E-state index contributed by atoms with van der Waals surface area (Å²) in [5.41, 5.74) is 0. The molecule has 1 atom stereocenters. The van der Waals surface area contributed by atoms with Crippen LogP contribution >= 0.6 is 24.2 Å². The molecule has 0 aliphatic heterocycles. The number of halogens is 1. The molecule has 0 aromatic heterocycles. The van der Waals surface area contributed by atoms with E-state index in [1.54, 1.807) is 21.3 Å². The highest BCUT2D eigenvalue weighted by atomic mass is 35.5. The second kappa shape index (κ2) is 10.6. The van der Waals surface area contributed by atoms with E-state index in [1.807, 2.05) is 0 Å². The first-order valence-corrected chi connectivity index (χ1v) is 9.02. The Hall–Kier alpha value is 0.737. The van der Waals surface area contributed by atoms with Crippen molar-refractivity contribution in [2.45, 2.75) is 43.4 Å². The summed E-state index contributed by atoms with van der Waals surface area (Å²) in [5.74, 6) is 0.726. The molecule has 0 aromatic rings. The molecule has 3 nitrogen and oxygen atoms in total. The lowest BCUT2D eigenvalue weighted by Crippen LogP contribution is -2.42. The van der Waals surface area contributed by atoms with Crippen molar-refractivity contribution in [3.8, 4) is 0 Å². The van der Waals surface area contributed by atoms with Gasteiger partial charge in [0, 0.05) is 38.5 Å². The zero-order valence-corrected chi connectivity index (χ0v) is 13.7. The molecule has 0 fully saturated rings. The Morgan fingerprint density at radius 2 is 1.53 bits per heavy atom. The lowest BCUT2D eigenvalue weighted by Gasteiger charge is -2.24. The van der Waals surface area contributed by atoms with Gasteiger partial charge < -0.3 is 13.3 Å². The topological polar surface area (TPSA) is 27.7 Å². The summed E-state index contributed by atoms with van der Waals surface area (Å²) < 4.78 is 16.1. The van der Waals surface area contributed by atoms with E-state index in [-0.39, 0.29) is 0 Å². The minimum Gasteiger partial charge on any atom is -0.377 e. The standard InChI is InChI=1S/C11H25ClO3SSi/c1-13-17(14-2,15-3)10-5-4-7-11(16)8-6-9-12/h11,16H,4-10H2,1-3H3. The van der Waals surface area contributed by atoms with Crippen molar-refractivity contribution in [1.82, 2.24) is 0 Å². The van der Waals surface area contributed by atoms with E-state index in [9.17, 15) is 0 Å². The summed E-state index contributed by atoms with van der Waals surface area (Å²) in [6.07, 6.45) is 5.43. The quantitative estimate of drug-likeness (QED) is 0.274. The molecule has 0 aromatic carbocycles. The highest BCUT2D eigenvalue weighted by Gasteiger charge is 2.36. The lowest BCUT2D eigenvalue weighted by molar-refractivity contribution is 0.122. The van der Waals surface area contributed by atoms with Crippen molar-refractivity contribution in [2.75, 3.05) is 27.2 Å². The number of alkyl halides is 1. The zero-order chi connectivity index (χ0) is 13.1. The fourth-order valence-corrected chi connectivity index (χ4v) is 4.05. The van der Waals surface area contributed by atoms with Crippen LogP contribution < -0.4 is 0 Å². The third kappa shape index (κ3) is 7.69. The minimum atomic E-state index is -2.36. The van der Waals surface area contributed by atoms with E-state index in [1.165, 1.54) is 0 Å². The van der Waals surface area contributed by atoms with Crippen LogP contribution in [0.5, 0.6) is 0 Å². The Bertz CT molecular complexity index is 174. The fourth-order valence-electron chi connectivity index (χ4n) is 1.73. The van der Waals surface area contributed by atoms with Gasteiger partial charge in [-0.25, -0.2) is 0 Å². The van der Waals surface area contributed by atoms with E-state index in [0.717, 1.165) is 44.0 Å². The van der Waals surface area contributed by atoms with Crippen LogP contribution in [0.25, 0.3) is 0 Å². The Morgan fingerprint density at radius 3 is 2.00 bits per heavy atom. The van der Waals surface area contributed by atoms with Crippen molar-refractivity contribution in [2.24, 2.45) is 0 Å². The molecule has 0 rings (SSSR count). The number of thiol groups is 1. The van der Waals surface area contributed by atoms with Crippen LogP contribution in [0, 0.1) is 0 Å². The predicted molar refractivity (Wildman–Crippen MR) is 78.2 cm³/mol. The second-order valence-electron chi connectivity index (χ2n) is 4.03. The summed E-state index contributed by atoms with van der Waals surface area (Å²) >= 11 is 10.2. The Labute approximate surface area is 117 Å². The van der Waals surface area contributed by atoms with Crippen LogP contribution in [0.15, 0.2) is 0 Å². The van der Waals surface area contributed by atoms with Crippen LogP contribution in [0.2, 0.25) is 6.04 Å². The minimum absolute atomic E-state index is 0.456. The van der Waals surface area contributed by atoms with Gasteiger partial charge in [-0.05, 0) is 25.7 Å². The van der Waals surface area contributed by atoms with Crippen molar-refractivity contribution in [1.29, 1.82) is 0 Å². The van der Waals surface area contributed by atoms with E-state index in [4.69, 9.17) is 24.9 Å². The van der Waals surface area contributed by atoms with Gasteiger partial charge in [-0.2, -0.15) is 12.6 Å². The number of hydrogen-bond acceptors (Lipinski definition) is 4. The van der Waals surface area contributed by atoms with Gasteiger partial charge in [-0.1, -0.05) is 6.42 Å². The van der Waals surface area contributed by atoms with Gasteiger partial charge in [0.05, 0.1) is 0 Å². The van der Waals surface area contributed by atoms with Gasteiger partial charge in [0.25, 0.3) is 0 Å². The second-order valence-corrected chi connectivity index (χ2v) is 8.23. The molecule has 0 saturated heterocycles. The molecule has 0 aliphatic rings. The number of rotatable bonds is 11. The first kappa shape index (κ1) is 17.7. The van der Waals surface area contributed by atoms with Crippen molar-refractivity contribution in [3.63, 3.8) is 0 Å². The van der Waals surface area contributed by atoms with Crippen LogP contribution in [0.4, 0.5) is 0 Å². The number of hydrogen-bond donors (Lipinski definition) is 1. The van der Waals surface area contributed by atoms with Gasteiger partial charge >= 0.3 is 8.80 Å². The maximum Gasteiger partial charge on any atom is 0.500 e. The highest BCUT2D eigenvalue weighted by Crippen LogP contribution is 2.20. The molecular weight excluding hydrogens is 276 g/mol. The van der Waals surface area contributed by atoms with E-state index in [0.29, 0.717) is 5.25 Å². The molecule has 0 spiro atoms. The van der Waals surface area contributed by atoms with Crippen LogP contribution in [0.3, 0.4) is 0 Å². The fraction of sp³-hybridized carbons (Fsp3) is 1.00. The third-order valence-corrected chi connectivity index (χ3v) is 6.49. The SMILES string of the molecule is CO[Si](CCCCC(S)CCCCl)(OC)OC. The van der Waals surface area contributed by atoms with E-state index in [2.05, 4.69) is 12.6 Å². The third-order valence-electron chi connectivity index (χ3n) is 2.87. The summed E-state index contributed by atoms with van der Waals surface area (Å²) in [6, 6.07) is 0.868. The van der Waals surface area contributed by atoms with Gasteiger partial charge in [-0.15, -0.1) is 11.6 Å². The molecule has 0 amide bonds. The zero-order valence-electron chi connectivity index (χ0n) is 11.1. The average Bonchev–Trinajstić information content (AvgIpc) is 2.37. The molecule has 104 valence electrons. The Kier molecular flexibility index (Phi) is 11.1. The molecule has 0 radical (unpaired) electrons. The van der Waals surface area contributed by atoms with E-state index >= 15 is 0 Å². The maximum absolute atomic E-state index is 5.65. The van der Waals surface area contributed by atoms with Crippen LogP contribution in [-0.2, 0) is 13.3 Å². The summed E-state index contributed by atoms with van der Waals surface area (Å²) in [4.78, 5) is 0. The maximum atomic E-state index is 5.65. The van der Waals surface area contributed by atoms with Crippen molar-refractivity contribution >= 4 is 33.0 Å². The molecule has 17 heavy (non-hydrogen) atoms. The van der Waals surface area contributed by atoms with Crippen molar-refractivity contribution < 1.29 is 13.3 Å². The van der Waals surface area contributed by atoms with Gasteiger partial charge in [-0.3, -0.25) is 0 Å². The molecule has 0 saturated carbocycles. The highest BCUT2D eigenvalue weighted by molar-refractivity contribution is 7.80. The largest absolute Gasteiger partial charge is 0.500 e. The number of unbranched alkanes of at least 4 members (excludes halogenated alkanes) is 1. The molecule has 0 bridgehead atoms. The smallest absolute Gasteiger partial charge is 0.377 e. The van der Waals surface area contributed by atoms with E-state index < -0.39 is 8.80 Å². The Morgan fingerprint density at radius 1 is 1.00 bits per heavy atom. The summed E-state index contributed by atoms with van der Waals surface area (Å²) in [5, 5.41) is 0.456. The normalized spacial score (nSPS) is 13.9. The Balaban J connectivity index is 3.68. The van der Waals surface area contributed by atoms with Gasteiger partial charge in [0.1, 0.15) is 0 Å². The predicted octanol–water partition coefficient (Wildman–Crippen LogP) is 3.35. The summed E-state index contributed by atoms with van der Waals surface area (Å²) in [6.45, 7) is 0. The van der Waals surface area contributed by atoms with Crippen LogP contribution in [0.1, 0.15) is 32.1 Å². The summed E-state index contributed by atoms with van der Waals surface area (Å²) in [7, 11) is 2.60. The molecular formula is C11H25ClO3SSi. The first-order chi connectivity index (χ1) is 8.14. The molecule has 0 heterocycles. The molecule has 6 heteroatoms. The molecule has 0 N–H and O–H groups in total. The monoisotopic (exact) mass is 300 g/mol. The average molecular weight is 301 g/mol. The first-order valence-electron chi connectivity index (χ1n) is 6.03. The molecule has 0 aliphatic carbocycles. The lowest BCUT2D eigenvalue weighted by atomic mass is 10.1. The van der Waals surface area contributed by atoms with Crippen molar-refractivity contribution in [3.05, 3.63) is 0 Å². The molecule has 1 unspecified atom stereocenters. The van der Waals surface area contributed by atoms with Gasteiger partial charge in [0.15, 0.2) is 0 Å².